The number of sulfonamides is 1. The number of para-hydroxylation sites is 2. The molecule has 3 aromatic carbocycles. The highest BCUT2D eigenvalue weighted by atomic mass is 32.2. The number of hydrogen-bond acceptors (Lipinski definition) is 5. The van der Waals surface area contributed by atoms with Crippen LogP contribution in [-0.2, 0) is 32.6 Å². The van der Waals surface area contributed by atoms with E-state index in [1.807, 2.05) is 82.3 Å². The maximum absolute atomic E-state index is 14.0. The number of ether oxygens (including phenoxy) is 1. The Morgan fingerprint density at radius 2 is 1.57 bits per heavy atom. The van der Waals surface area contributed by atoms with Crippen LogP contribution >= 0.6 is 0 Å². The summed E-state index contributed by atoms with van der Waals surface area (Å²) in [6.07, 6.45) is 1.83. The maximum atomic E-state index is 14.0. The third-order valence-corrected chi connectivity index (χ3v) is 8.07. The topological polar surface area (TPSA) is 96.0 Å². The third kappa shape index (κ3) is 9.34. The highest BCUT2D eigenvalue weighted by Crippen LogP contribution is 2.30. The Labute approximate surface area is 250 Å². The third-order valence-electron chi connectivity index (χ3n) is 6.89. The Hall–Kier alpha value is -3.85. The van der Waals surface area contributed by atoms with Gasteiger partial charge in [-0.3, -0.25) is 13.9 Å². The molecule has 0 unspecified atom stereocenters. The van der Waals surface area contributed by atoms with Gasteiger partial charge in [-0.2, -0.15) is 0 Å². The zero-order valence-electron chi connectivity index (χ0n) is 25.2. The molecule has 8 nitrogen and oxygen atoms in total. The fourth-order valence-electron chi connectivity index (χ4n) is 4.83. The smallest absolute Gasteiger partial charge is 0.243 e. The van der Waals surface area contributed by atoms with Crippen molar-refractivity contribution in [3.8, 4) is 5.75 Å². The molecule has 0 fully saturated rings. The van der Waals surface area contributed by atoms with Gasteiger partial charge in [0.1, 0.15) is 11.8 Å². The number of aryl methyl sites for hydroxylation is 1. The molecule has 9 heteroatoms. The van der Waals surface area contributed by atoms with Crippen LogP contribution in [0.4, 0.5) is 5.69 Å². The van der Waals surface area contributed by atoms with Crippen LogP contribution in [0.1, 0.15) is 50.3 Å². The summed E-state index contributed by atoms with van der Waals surface area (Å²) in [4.78, 5) is 29.2. The maximum Gasteiger partial charge on any atom is 0.243 e. The Morgan fingerprint density at radius 1 is 0.929 bits per heavy atom. The second-order valence-corrected chi connectivity index (χ2v) is 12.6. The van der Waals surface area contributed by atoms with Gasteiger partial charge in [-0.05, 0) is 62.9 Å². The van der Waals surface area contributed by atoms with Gasteiger partial charge in [0.2, 0.25) is 21.8 Å². The number of rotatable bonds is 15. The second kappa shape index (κ2) is 15.4. The van der Waals surface area contributed by atoms with Crippen molar-refractivity contribution in [1.82, 2.24) is 10.2 Å². The minimum atomic E-state index is -3.65. The molecule has 0 aromatic heterocycles. The van der Waals surface area contributed by atoms with Gasteiger partial charge in [0, 0.05) is 32.0 Å². The van der Waals surface area contributed by atoms with E-state index in [1.165, 1.54) is 4.31 Å². The van der Waals surface area contributed by atoms with Crippen LogP contribution in [0.15, 0.2) is 78.9 Å². The molecule has 226 valence electrons. The molecule has 0 saturated heterocycles. The lowest BCUT2D eigenvalue weighted by atomic mass is 10.0. The molecule has 42 heavy (non-hydrogen) atoms. The summed E-state index contributed by atoms with van der Waals surface area (Å²) in [6.45, 7) is 8.35. The summed E-state index contributed by atoms with van der Waals surface area (Å²) >= 11 is 0. The molecule has 2 amide bonds. The van der Waals surface area contributed by atoms with E-state index in [0.717, 1.165) is 22.9 Å². The van der Waals surface area contributed by atoms with E-state index in [2.05, 4.69) is 5.32 Å². The van der Waals surface area contributed by atoms with Crippen molar-refractivity contribution >= 4 is 27.5 Å². The first-order valence-corrected chi connectivity index (χ1v) is 16.2. The van der Waals surface area contributed by atoms with Crippen molar-refractivity contribution in [3.63, 3.8) is 0 Å². The number of nitrogens with one attached hydrogen (secondary N) is 1. The number of hydrogen-bond donors (Lipinski definition) is 1. The summed E-state index contributed by atoms with van der Waals surface area (Å²) in [5.41, 5.74) is 3.35. The van der Waals surface area contributed by atoms with Crippen LogP contribution in [0.3, 0.4) is 0 Å². The van der Waals surface area contributed by atoms with Gasteiger partial charge in [-0.15, -0.1) is 0 Å². The van der Waals surface area contributed by atoms with Crippen LogP contribution in [0.2, 0.25) is 0 Å². The Morgan fingerprint density at radius 3 is 2.21 bits per heavy atom. The summed E-state index contributed by atoms with van der Waals surface area (Å²) in [7, 11) is -3.65. The largest absolute Gasteiger partial charge is 0.492 e. The number of anilines is 1. The molecule has 0 bridgehead atoms. The predicted molar refractivity (Wildman–Crippen MR) is 168 cm³/mol. The van der Waals surface area contributed by atoms with E-state index in [9.17, 15) is 18.0 Å². The van der Waals surface area contributed by atoms with Crippen LogP contribution in [0.25, 0.3) is 0 Å². The zero-order valence-corrected chi connectivity index (χ0v) is 26.1. The lowest BCUT2D eigenvalue weighted by molar-refractivity contribution is -0.141. The minimum Gasteiger partial charge on any atom is -0.492 e. The predicted octanol–water partition coefficient (Wildman–Crippen LogP) is 5.10. The number of amides is 2. The molecule has 0 heterocycles. The van der Waals surface area contributed by atoms with Gasteiger partial charge in [0.25, 0.3) is 0 Å². The van der Waals surface area contributed by atoms with E-state index in [0.29, 0.717) is 24.5 Å². The van der Waals surface area contributed by atoms with Crippen molar-refractivity contribution in [2.75, 3.05) is 23.7 Å². The molecule has 3 rings (SSSR count). The molecule has 3 aromatic rings. The van der Waals surface area contributed by atoms with Crippen LogP contribution in [0.5, 0.6) is 5.75 Å². The van der Waals surface area contributed by atoms with Gasteiger partial charge >= 0.3 is 0 Å². The molecule has 0 spiro atoms. The molecule has 0 aliphatic rings. The van der Waals surface area contributed by atoms with Crippen molar-refractivity contribution in [1.29, 1.82) is 0 Å². The highest BCUT2D eigenvalue weighted by molar-refractivity contribution is 7.92. The van der Waals surface area contributed by atoms with Gasteiger partial charge in [-0.1, -0.05) is 66.7 Å². The summed E-state index contributed by atoms with van der Waals surface area (Å²) < 4.78 is 32.6. The number of nitrogens with zero attached hydrogens (tertiary/aromatic N) is 2. The first kappa shape index (κ1) is 32.7. The number of carbonyl (C=O) groups excluding carboxylic acids is 2. The van der Waals surface area contributed by atoms with Crippen molar-refractivity contribution in [3.05, 3.63) is 95.6 Å². The molecule has 0 aliphatic heterocycles. The van der Waals surface area contributed by atoms with E-state index >= 15 is 0 Å². The van der Waals surface area contributed by atoms with Crippen LogP contribution < -0.4 is 14.4 Å². The molecular weight excluding hydrogens is 550 g/mol. The quantitative estimate of drug-likeness (QED) is 0.264. The van der Waals surface area contributed by atoms with Crippen molar-refractivity contribution in [2.45, 2.75) is 65.6 Å². The number of carbonyl (C=O) groups is 2. The molecule has 1 N–H and O–H groups in total. The average Bonchev–Trinajstić information content (AvgIpc) is 2.94. The number of benzene rings is 3. The van der Waals surface area contributed by atoms with Gasteiger partial charge in [-0.25, -0.2) is 8.42 Å². The van der Waals surface area contributed by atoms with E-state index in [4.69, 9.17) is 4.74 Å². The van der Waals surface area contributed by atoms with E-state index in [-0.39, 0.29) is 43.8 Å². The molecule has 0 aliphatic carbocycles. The Bertz CT molecular complexity index is 1430. The lowest BCUT2D eigenvalue weighted by Gasteiger charge is -2.33. The fraction of sp³-hybridized carbons (Fsp3) is 0.394. The van der Waals surface area contributed by atoms with Crippen LogP contribution in [0, 0.1) is 6.92 Å². The monoisotopic (exact) mass is 593 g/mol. The lowest BCUT2D eigenvalue weighted by Crippen LogP contribution is -2.52. The summed E-state index contributed by atoms with van der Waals surface area (Å²) in [6, 6.07) is 23.6. The first-order valence-electron chi connectivity index (χ1n) is 14.4. The average molecular weight is 594 g/mol. The standard InChI is InChI=1S/C33H43N3O5S/c1-6-41-31-20-13-12-19-29(31)36(42(5,39)40)22-14-21-32(37)35(24-28-18-11-10-15-26(28)4)30(33(38)34-25(2)3)23-27-16-8-7-9-17-27/h7-13,15-20,25,30H,6,14,21-24H2,1-5H3,(H,34,38)/t30-/m0/s1. The molecular formula is C33H43N3O5S. The van der Waals surface area contributed by atoms with Crippen molar-refractivity contribution in [2.24, 2.45) is 0 Å². The van der Waals surface area contributed by atoms with Gasteiger partial charge in [0.15, 0.2) is 0 Å². The highest BCUT2D eigenvalue weighted by Gasteiger charge is 2.31. The Balaban J connectivity index is 1.90. The summed E-state index contributed by atoms with van der Waals surface area (Å²) in [5, 5.41) is 3.00. The van der Waals surface area contributed by atoms with Gasteiger partial charge in [0.05, 0.1) is 18.6 Å². The van der Waals surface area contributed by atoms with E-state index in [1.54, 1.807) is 29.2 Å². The van der Waals surface area contributed by atoms with E-state index < -0.39 is 16.1 Å². The van der Waals surface area contributed by atoms with Crippen molar-refractivity contribution < 1.29 is 22.7 Å². The molecule has 0 saturated carbocycles. The first-order chi connectivity index (χ1) is 20.0. The van der Waals surface area contributed by atoms with Crippen LogP contribution in [-0.4, -0.2) is 56.6 Å². The molecule has 0 radical (unpaired) electrons. The minimum absolute atomic E-state index is 0.0644. The second-order valence-electron chi connectivity index (χ2n) is 10.7. The zero-order chi connectivity index (χ0) is 30.7. The fourth-order valence-corrected chi connectivity index (χ4v) is 5.80. The van der Waals surface area contributed by atoms with Gasteiger partial charge < -0.3 is 15.0 Å². The SMILES string of the molecule is CCOc1ccccc1N(CCCC(=O)N(Cc1ccccc1C)[C@@H](Cc1ccccc1)C(=O)NC(C)C)S(C)(=O)=O. The summed E-state index contributed by atoms with van der Waals surface area (Å²) in [5.74, 6) is 0.0232. The molecule has 1 atom stereocenters. The normalized spacial score (nSPS) is 12.0. The Kier molecular flexibility index (Phi) is 12.0.